The quantitative estimate of drug-likeness (QED) is 0.0211. The van der Waals surface area contributed by atoms with Crippen molar-refractivity contribution < 1.29 is 42.9 Å². The second-order valence-corrected chi connectivity index (χ2v) is 27.7. The Balaban J connectivity index is 3.98. The van der Waals surface area contributed by atoms with Crippen LogP contribution in [0.4, 0.5) is 0 Å². The van der Waals surface area contributed by atoms with E-state index in [1.807, 2.05) is 21.1 Å². The predicted molar refractivity (Wildman–Crippen MR) is 378 cm³/mol. The number of hydrogen-bond donors (Lipinski definition) is 1. The minimum absolute atomic E-state index is 0.178. The topological polar surface area (TPSA) is 108 Å². The molecule has 0 heterocycles. The molecule has 0 aromatic heterocycles. The molecule has 0 saturated carbocycles. The second kappa shape index (κ2) is 70.4. The fourth-order valence-electron chi connectivity index (χ4n) is 11.7. The molecule has 0 radical (unpaired) electrons. The molecule has 0 rings (SSSR count). The first-order valence-corrected chi connectivity index (χ1v) is 38.7. The molecule has 518 valence electrons. The van der Waals surface area contributed by atoms with Gasteiger partial charge in [0.2, 0.25) is 0 Å². The molecule has 0 saturated heterocycles. The molecule has 0 aliphatic heterocycles. The van der Waals surface area contributed by atoms with E-state index in [0.29, 0.717) is 17.4 Å². The molecule has 0 amide bonds. The van der Waals surface area contributed by atoms with Gasteiger partial charge in [0.1, 0.15) is 13.2 Å². The summed E-state index contributed by atoms with van der Waals surface area (Å²) in [7, 11) is 5.99. The first-order chi connectivity index (χ1) is 43.1. The zero-order valence-corrected chi connectivity index (χ0v) is 59.4. The summed E-state index contributed by atoms with van der Waals surface area (Å²) in [6, 6.07) is 0. The summed E-state index contributed by atoms with van der Waals surface area (Å²) < 4.78 is 23.0. The van der Waals surface area contributed by atoms with Gasteiger partial charge in [-0.2, -0.15) is 0 Å². The van der Waals surface area contributed by atoms with Gasteiger partial charge in [-0.3, -0.25) is 9.59 Å². The molecule has 1 N–H and O–H groups in total. The Morgan fingerprint density at radius 2 is 0.614 bits per heavy atom. The van der Waals surface area contributed by atoms with Gasteiger partial charge in [-0.05, 0) is 51.4 Å². The minimum atomic E-state index is -1.51. The highest BCUT2D eigenvalue weighted by Crippen LogP contribution is 2.20. The first kappa shape index (κ1) is 85.5. The number of carbonyl (C=O) groups is 3. The van der Waals surface area contributed by atoms with Crippen LogP contribution >= 0.6 is 0 Å². The standard InChI is InChI=1S/C79H149NO8/c1-6-8-10-12-14-16-18-20-22-24-26-28-30-32-34-35-36-37-38-39-40-41-42-44-45-47-49-51-53-55-57-59-61-63-65-67-69-76(81)86-73-75(74-87-79(78(83)84)85-72-71-80(3,4)5)88-77(82)70-68-66-64-62-60-58-56-54-52-50-48-46-43-33-31-29-27-25-23-21-19-17-15-13-11-9-7-2/h19,21,25,27,31,33,75,79H,6-18,20,22-24,26,28-30,32,34-74H2,1-5H3/p+1/b21-19-,27-25-,33-31-. The molecule has 9 heteroatoms. The molecular weight excluding hydrogens is 1090 g/mol. The molecule has 0 aliphatic carbocycles. The summed E-state index contributed by atoms with van der Waals surface area (Å²) in [5.74, 6) is -1.98. The third-order valence-electron chi connectivity index (χ3n) is 17.6. The Morgan fingerprint density at radius 3 is 0.909 bits per heavy atom. The number of esters is 2. The highest BCUT2D eigenvalue weighted by molar-refractivity contribution is 5.71. The average Bonchev–Trinajstić information content (AvgIpc) is 3.54. The second-order valence-electron chi connectivity index (χ2n) is 27.7. The van der Waals surface area contributed by atoms with E-state index >= 15 is 0 Å². The Hall–Kier alpha value is -2.49. The summed E-state index contributed by atoms with van der Waals surface area (Å²) >= 11 is 0. The smallest absolute Gasteiger partial charge is 0.361 e. The number of nitrogens with zero attached hydrogens (tertiary/aromatic N) is 1. The number of unbranched alkanes of at least 4 members (excludes halogenated alkanes) is 52. The van der Waals surface area contributed by atoms with Crippen LogP contribution in [0.1, 0.15) is 393 Å². The third kappa shape index (κ3) is 71.0. The van der Waals surface area contributed by atoms with Gasteiger partial charge in [-0.15, -0.1) is 0 Å². The number of quaternary nitrogens is 1. The SMILES string of the molecule is CCCCCCC/C=C\C/C=C\C/C=C\CCCCCCCCCCCCCCC(=O)OC(COC(=O)CCCCCCCCCCCCCCCCCCCCCCCCCCCCCCCCCCCCCC)COC(OCC[N+](C)(C)C)C(=O)O. The van der Waals surface area contributed by atoms with Gasteiger partial charge >= 0.3 is 17.9 Å². The van der Waals surface area contributed by atoms with Crippen molar-refractivity contribution in [2.75, 3.05) is 47.5 Å². The van der Waals surface area contributed by atoms with Crippen molar-refractivity contribution in [1.29, 1.82) is 0 Å². The highest BCUT2D eigenvalue weighted by atomic mass is 16.7. The Kier molecular flexibility index (Phi) is 68.4. The Labute approximate surface area is 547 Å². The zero-order valence-electron chi connectivity index (χ0n) is 59.4. The fourth-order valence-corrected chi connectivity index (χ4v) is 11.7. The van der Waals surface area contributed by atoms with Gasteiger partial charge in [0.15, 0.2) is 6.10 Å². The number of likely N-dealkylation sites (N-methyl/N-ethyl adjacent to an activating group) is 1. The van der Waals surface area contributed by atoms with Gasteiger partial charge in [-0.25, -0.2) is 4.79 Å². The molecule has 2 atom stereocenters. The first-order valence-electron chi connectivity index (χ1n) is 38.7. The van der Waals surface area contributed by atoms with E-state index in [1.165, 1.54) is 315 Å². The average molecular weight is 1240 g/mol. The van der Waals surface area contributed by atoms with Gasteiger partial charge in [-0.1, -0.05) is 365 Å². The molecule has 0 bridgehead atoms. The summed E-state index contributed by atoms with van der Waals surface area (Å²) in [6.07, 6.45) is 87.2. The maximum absolute atomic E-state index is 13.0. The lowest BCUT2D eigenvalue weighted by molar-refractivity contribution is -0.870. The van der Waals surface area contributed by atoms with Crippen molar-refractivity contribution in [2.24, 2.45) is 0 Å². The number of allylic oxidation sites excluding steroid dienone is 6. The fraction of sp³-hybridized carbons (Fsp3) is 0.886. The molecule has 2 unspecified atom stereocenters. The van der Waals surface area contributed by atoms with E-state index in [2.05, 4.69) is 50.3 Å². The third-order valence-corrected chi connectivity index (χ3v) is 17.6. The van der Waals surface area contributed by atoms with E-state index < -0.39 is 18.4 Å². The molecular formula is C79H150NO8+. The lowest BCUT2D eigenvalue weighted by Crippen LogP contribution is -2.40. The highest BCUT2D eigenvalue weighted by Gasteiger charge is 2.25. The van der Waals surface area contributed by atoms with Crippen molar-refractivity contribution in [3.8, 4) is 0 Å². The summed E-state index contributed by atoms with van der Waals surface area (Å²) in [6.45, 7) is 4.94. The molecule has 9 nitrogen and oxygen atoms in total. The number of carboxylic acids is 1. The largest absolute Gasteiger partial charge is 0.477 e. The number of ether oxygens (including phenoxy) is 4. The van der Waals surface area contributed by atoms with Crippen molar-refractivity contribution in [3.05, 3.63) is 36.5 Å². The van der Waals surface area contributed by atoms with Crippen LogP contribution in [0, 0.1) is 0 Å². The zero-order chi connectivity index (χ0) is 64.0. The van der Waals surface area contributed by atoms with Crippen molar-refractivity contribution in [3.63, 3.8) is 0 Å². The molecule has 0 aliphatic rings. The Morgan fingerprint density at radius 1 is 0.341 bits per heavy atom. The van der Waals surface area contributed by atoms with E-state index in [4.69, 9.17) is 18.9 Å². The van der Waals surface area contributed by atoms with Crippen LogP contribution in [-0.4, -0.2) is 87.4 Å². The molecule has 0 fully saturated rings. The minimum Gasteiger partial charge on any atom is -0.477 e. The van der Waals surface area contributed by atoms with E-state index in [0.717, 1.165) is 51.4 Å². The number of aliphatic carboxylic acids is 1. The van der Waals surface area contributed by atoms with Crippen LogP contribution in [0.2, 0.25) is 0 Å². The summed E-state index contributed by atoms with van der Waals surface area (Å²) in [5.41, 5.74) is 0. The van der Waals surface area contributed by atoms with Crippen LogP contribution < -0.4 is 0 Å². The molecule has 0 aromatic carbocycles. The molecule has 88 heavy (non-hydrogen) atoms. The van der Waals surface area contributed by atoms with Gasteiger partial charge in [0, 0.05) is 12.8 Å². The monoisotopic (exact) mass is 1240 g/mol. The number of carbonyl (C=O) groups excluding carboxylic acids is 2. The number of hydrogen-bond acceptors (Lipinski definition) is 7. The van der Waals surface area contributed by atoms with Crippen LogP contribution in [-0.2, 0) is 33.3 Å². The normalized spacial score (nSPS) is 12.8. The van der Waals surface area contributed by atoms with Crippen LogP contribution in [0.15, 0.2) is 36.5 Å². The van der Waals surface area contributed by atoms with E-state index in [-0.39, 0.29) is 38.2 Å². The van der Waals surface area contributed by atoms with Gasteiger partial charge in [0.25, 0.3) is 6.29 Å². The maximum Gasteiger partial charge on any atom is 0.361 e. The predicted octanol–water partition coefficient (Wildman–Crippen LogP) is 24.3. The summed E-state index contributed by atoms with van der Waals surface area (Å²) in [5, 5.41) is 9.76. The van der Waals surface area contributed by atoms with Crippen LogP contribution in [0.3, 0.4) is 0 Å². The van der Waals surface area contributed by atoms with Crippen LogP contribution in [0.25, 0.3) is 0 Å². The van der Waals surface area contributed by atoms with Crippen molar-refractivity contribution in [2.45, 2.75) is 405 Å². The van der Waals surface area contributed by atoms with Gasteiger partial charge in [0.05, 0.1) is 34.4 Å². The Bertz CT molecular complexity index is 1540. The van der Waals surface area contributed by atoms with Crippen molar-refractivity contribution in [1.82, 2.24) is 0 Å². The molecule has 0 aromatic rings. The van der Waals surface area contributed by atoms with Crippen molar-refractivity contribution >= 4 is 17.9 Å². The molecule has 0 spiro atoms. The number of carboxylic acid groups (broad SMARTS) is 1. The van der Waals surface area contributed by atoms with Crippen LogP contribution in [0.5, 0.6) is 0 Å². The maximum atomic E-state index is 13.0. The summed E-state index contributed by atoms with van der Waals surface area (Å²) in [4.78, 5) is 37.7. The van der Waals surface area contributed by atoms with E-state index in [1.54, 1.807) is 0 Å². The van der Waals surface area contributed by atoms with Gasteiger partial charge < -0.3 is 28.5 Å². The number of rotatable bonds is 73. The lowest BCUT2D eigenvalue weighted by atomic mass is 10.0. The lowest BCUT2D eigenvalue weighted by Gasteiger charge is -2.25. The van der Waals surface area contributed by atoms with E-state index in [9.17, 15) is 19.5 Å².